The molecule has 1 aliphatic heterocycles. The van der Waals surface area contributed by atoms with Crippen LogP contribution in [0.1, 0.15) is 35.0 Å². The SMILES string of the molecule is CCOC(=O)N1CCN(C(=O)COC(=O)/C=C/c2c(C)nn(Cc3ccc(C)cc3)c2C)CC1. The number of carbonyl (C=O) groups is 3. The molecule has 1 fully saturated rings. The Kier molecular flexibility index (Phi) is 8.45. The topological polar surface area (TPSA) is 94.0 Å². The Morgan fingerprint density at radius 3 is 2.26 bits per heavy atom. The number of nitrogens with zero attached hydrogens (tertiary/aromatic N) is 4. The van der Waals surface area contributed by atoms with Gasteiger partial charge in [-0.1, -0.05) is 29.8 Å². The lowest BCUT2D eigenvalue weighted by molar-refractivity contribution is -0.148. The number of carbonyl (C=O) groups excluding carboxylic acids is 3. The second-order valence-electron chi connectivity index (χ2n) is 8.24. The molecule has 0 unspecified atom stereocenters. The molecule has 0 atom stereocenters. The van der Waals surface area contributed by atoms with Crippen LogP contribution in [0.3, 0.4) is 0 Å². The average Bonchev–Trinajstić information content (AvgIpc) is 3.09. The molecule has 1 saturated heterocycles. The van der Waals surface area contributed by atoms with Crippen molar-refractivity contribution in [1.82, 2.24) is 19.6 Å². The first kappa shape index (κ1) is 25.0. The van der Waals surface area contributed by atoms with Crippen molar-refractivity contribution in [3.8, 4) is 0 Å². The largest absolute Gasteiger partial charge is 0.452 e. The Balaban J connectivity index is 1.49. The molecule has 2 heterocycles. The van der Waals surface area contributed by atoms with Gasteiger partial charge in [-0.15, -0.1) is 0 Å². The molecule has 0 saturated carbocycles. The van der Waals surface area contributed by atoms with E-state index in [2.05, 4.69) is 36.3 Å². The molecule has 1 aliphatic rings. The van der Waals surface area contributed by atoms with E-state index in [4.69, 9.17) is 9.47 Å². The van der Waals surface area contributed by atoms with Crippen LogP contribution in [0.25, 0.3) is 6.08 Å². The lowest BCUT2D eigenvalue weighted by atomic mass is 10.1. The van der Waals surface area contributed by atoms with Gasteiger partial charge in [-0.2, -0.15) is 5.10 Å². The summed E-state index contributed by atoms with van der Waals surface area (Å²) in [4.78, 5) is 39.4. The Hall–Kier alpha value is -3.62. The van der Waals surface area contributed by atoms with Crippen molar-refractivity contribution in [3.63, 3.8) is 0 Å². The number of ether oxygens (including phenoxy) is 2. The number of amides is 2. The summed E-state index contributed by atoms with van der Waals surface area (Å²) in [5, 5.41) is 4.59. The van der Waals surface area contributed by atoms with Gasteiger partial charge < -0.3 is 19.3 Å². The monoisotopic (exact) mass is 468 g/mol. The van der Waals surface area contributed by atoms with Crippen LogP contribution in [0.15, 0.2) is 30.3 Å². The Bertz CT molecular complexity index is 1050. The molecule has 34 heavy (non-hydrogen) atoms. The highest BCUT2D eigenvalue weighted by atomic mass is 16.6. The van der Waals surface area contributed by atoms with Gasteiger partial charge in [0.2, 0.25) is 0 Å². The van der Waals surface area contributed by atoms with Crippen molar-refractivity contribution in [2.45, 2.75) is 34.2 Å². The fraction of sp³-hybridized carbons (Fsp3) is 0.440. The van der Waals surface area contributed by atoms with Gasteiger partial charge in [-0.3, -0.25) is 9.48 Å². The van der Waals surface area contributed by atoms with Crippen LogP contribution < -0.4 is 0 Å². The molecular formula is C25H32N4O5. The lowest BCUT2D eigenvalue weighted by Gasteiger charge is -2.33. The average molecular weight is 469 g/mol. The molecule has 2 amide bonds. The first-order valence-corrected chi connectivity index (χ1v) is 11.4. The van der Waals surface area contributed by atoms with Crippen LogP contribution in [-0.2, 0) is 25.6 Å². The maximum atomic E-state index is 12.4. The third kappa shape index (κ3) is 6.46. The third-order valence-electron chi connectivity index (χ3n) is 5.77. The van der Waals surface area contributed by atoms with Crippen molar-refractivity contribution in [2.75, 3.05) is 39.4 Å². The molecule has 9 heteroatoms. The molecule has 1 aromatic carbocycles. The number of hydrogen-bond acceptors (Lipinski definition) is 6. The number of hydrogen-bond donors (Lipinski definition) is 0. The summed E-state index contributed by atoms with van der Waals surface area (Å²) in [6, 6.07) is 8.29. The summed E-state index contributed by atoms with van der Waals surface area (Å²) < 4.78 is 12.0. The summed E-state index contributed by atoms with van der Waals surface area (Å²) >= 11 is 0. The smallest absolute Gasteiger partial charge is 0.409 e. The van der Waals surface area contributed by atoms with Gasteiger partial charge >= 0.3 is 12.1 Å². The Morgan fingerprint density at radius 1 is 0.971 bits per heavy atom. The Morgan fingerprint density at radius 2 is 1.62 bits per heavy atom. The number of rotatable bonds is 7. The van der Waals surface area contributed by atoms with E-state index in [0.29, 0.717) is 39.3 Å². The van der Waals surface area contributed by atoms with Crippen LogP contribution in [0.2, 0.25) is 0 Å². The Labute approximate surface area is 199 Å². The zero-order valence-corrected chi connectivity index (χ0v) is 20.2. The fourth-order valence-electron chi connectivity index (χ4n) is 3.75. The highest BCUT2D eigenvalue weighted by Crippen LogP contribution is 2.17. The van der Waals surface area contributed by atoms with Gasteiger partial charge in [-0.05, 0) is 39.3 Å². The molecule has 9 nitrogen and oxygen atoms in total. The van der Waals surface area contributed by atoms with Gasteiger partial charge in [0.1, 0.15) is 0 Å². The molecule has 182 valence electrons. The number of aryl methyl sites for hydroxylation is 2. The first-order chi connectivity index (χ1) is 16.3. The zero-order chi connectivity index (χ0) is 24.7. The molecule has 0 bridgehead atoms. The van der Waals surface area contributed by atoms with E-state index in [1.54, 1.807) is 22.8 Å². The summed E-state index contributed by atoms with van der Waals surface area (Å²) in [6.45, 7) is 9.81. The van der Waals surface area contributed by atoms with Gasteiger partial charge in [0.25, 0.3) is 5.91 Å². The van der Waals surface area contributed by atoms with Crippen molar-refractivity contribution in [1.29, 1.82) is 0 Å². The van der Waals surface area contributed by atoms with E-state index in [0.717, 1.165) is 22.5 Å². The van der Waals surface area contributed by atoms with Gasteiger partial charge in [0.15, 0.2) is 6.61 Å². The van der Waals surface area contributed by atoms with E-state index < -0.39 is 5.97 Å². The number of esters is 1. The minimum atomic E-state index is -0.594. The number of aromatic nitrogens is 2. The summed E-state index contributed by atoms with van der Waals surface area (Å²) in [5.41, 5.74) is 4.96. The molecular weight excluding hydrogens is 436 g/mol. The van der Waals surface area contributed by atoms with E-state index >= 15 is 0 Å². The lowest BCUT2D eigenvalue weighted by Crippen LogP contribution is -2.51. The second kappa shape index (κ2) is 11.5. The molecule has 2 aromatic rings. The molecule has 0 N–H and O–H groups in total. The highest BCUT2D eigenvalue weighted by Gasteiger charge is 2.25. The van der Waals surface area contributed by atoms with Crippen molar-refractivity contribution in [2.24, 2.45) is 0 Å². The number of benzene rings is 1. The van der Waals surface area contributed by atoms with E-state index in [9.17, 15) is 14.4 Å². The van der Waals surface area contributed by atoms with Crippen LogP contribution >= 0.6 is 0 Å². The maximum absolute atomic E-state index is 12.4. The van der Waals surface area contributed by atoms with Crippen LogP contribution in [0.5, 0.6) is 0 Å². The highest BCUT2D eigenvalue weighted by molar-refractivity contribution is 5.89. The summed E-state index contributed by atoms with van der Waals surface area (Å²) in [7, 11) is 0. The normalized spacial score (nSPS) is 13.9. The molecule has 0 aliphatic carbocycles. The molecule has 0 radical (unpaired) electrons. The second-order valence-corrected chi connectivity index (χ2v) is 8.24. The van der Waals surface area contributed by atoms with Crippen LogP contribution in [0.4, 0.5) is 4.79 Å². The van der Waals surface area contributed by atoms with Gasteiger partial charge in [0, 0.05) is 43.5 Å². The van der Waals surface area contributed by atoms with E-state index in [1.807, 2.05) is 18.5 Å². The molecule has 3 rings (SSSR count). The van der Waals surface area contributed by atoms with Crippen molar-refractivity contribution in [3.05, 3.63) is 58.4 Å². The van der Waals surface area contributed by atoms with E-state index in [-0.39, 0.29) is 18.6 Å². The predicted molar refractivity (Wildman–Crippen MR) is 127 cm³/mol. The first-order valence-electron chi connectivity index (χ1n) is 11.4. The predicted octanol–water partition coefficient (Wildman–Crippen LogP) is 2.71. The van der Waals surface area contributed by atoms with Gasteiger partial charge in [0.05, 0.1) is 18.8 Å². The van der Waals surface area contributed by atoms with Gasteiger partial charge in [-0.25, -0.2) is 9.59 Å². The quantitative estimate of drug-likeness (QED) is 0.458. The minimum absolute atomic E-state index is 0.288. The zero-order valence-electron chi connectivity index (χ0n) is 20.2. The van der Waals surface area contributed by atoms with Crippen molar-refractivity contribution < 1.29 is 23.9 Å². The molecule has 0 spiro atoms. The van der Waals surface area contributed by atoms with E-state index in [1.165, 1.54) is 11.6 Å². The fourth-order valence-corrected chi connectivity index (χ4v) is 3.75. The molecule has 1 aromatic heterocycles. The summed E-state index contributed by atoms with van der Waals surface area (Å²) in [5.74, 6) is -0.882. The van der Waals surface area contributed by atoms with Crippen LogP contribution in [0, 0.1) is 20.8 Å². The van der Waals surface area contributed by atoms with Crippen molar-refractivity contribution >= 4 is 24.0 Å². The summed E-state index contributed by atoms with van der Waals surface area (Å²) in [6.07, 6.45) is 2.62. The van der Waals surface area contributed by atoms with Crippen LogP contribution in [-0.4, -0.2) is 76.9 Å². The minimum Gasteiger partial charge on any atom is -0.452 e. The standard InChI is InChI=1S/C25H32N4O5/c1-5-33-25(32)28-14-12-27(13-15-28)23(30)17-34-24(31)11-10-22-19(3)26-29(20(22)4)16-21-8-6-18(2)7-9-21/h6-11H,5,12-17H2,1-4H3/b11-10+. The maximum Gasteiger partial charge on any atom is 0.409 e. The number of piperazine rings is 1. The third-order valence-corrected chi connectivity index (χ3v) is 5.77.